The number of thiazole rings is 1. The van der Waals surface area contributed by atoms with Crippen LogP contribution in [0.1, 0.15) is 24.9 Å². The van der Waals surface area contributed by atoms with Gasteiger partial charge in [0.25, 0.3) is 0 Å². The highest BCUT2D eigenvalue weighted by atomic mass is 32.1. The van der Waals surface area contributed by atoms with Gasteiger partial charge in [-0.1, -0.05) is 0 Å². The average molecular weight is 346 g/mol. The van der Waals surface area contributed by atoms with Gasteiger partial charge >= 0.3 is 6.03 Å². The summed E-state index contributed by atoms with van der Waals surface area (Å²) in [6.45, 7) is 6.52. The Labute approximate surface area is 145 Å². The fraction of sp³-hybridized carbons (Fsp3) is 0.412. The van der Waals surface area contributed by atoms with E-state index in [1.807, 2.05) is 36.6 Å². The van der Waals surface area contributed by atoms with Crippen LogP contribution in [0.25, 0.3) is 0 Å². The van der Waals surface area contributed by atoms with E-state index in [0.717, 1.165) is 36.1 Å². The van der Waals surface area contributed by atoms with Crippen molar-refractivity contribution in [2.45, 2.75) is 26.0 Å². The zero-order chi connectivity index (χ0) is 16.9. The normalized spacial score (nSPS) is 18.9. The molecule has 0 saturated carbocycles. The van der Waals surface area contributed by atoms with Crippen LogP contribution in [0.5, 0.6) is 0 Å². The Balaban J connectivity index is 1.54. The quantitative estimate of drug-likeness (QED) is 0.892. The van der Waals surface area contributed by atoms with Gasteiger partial charge in [-0.2, -0.15) is 0 Å². The van der Waals surface area contributed by atoms with E-state index in [1.54, 1.807) is 6.20 Å². The van der Waals surface area contributed by atoms with Crippen LogP contribution in [0.2, 0.25) is 0 Å². The molecule has 0 radical (unpaired) electrons. The topological polar surface area (TPSA) is 66.5 Å². The van der Waals surface area contributed by atoms with Gasteiger partial charge in [0, 0.05) is 36.0 Å². The molecule has 0 aliphatic carbocycles. The van der Waals surface area contributed by atoms with E-state index in [-0.39, 0.29) is 18.2 Å². The van der Waals surface area contributed by atoms with Gasteiger partial charge < -0.3 is 20.3 Å². The van der Waals surface area contributed by atoms with Gasteiger partial charge in [0.1, 0.15) is 5.01 Å². The fourth-order valence-electron chi connectivity index (χ4n) is 2.68. The van der Waals surface area contributed by atoms with Crippen LogP contribution in [0, 0.1) is 0 Å². The molecule has 7 heteroatoms. The molecule has 3 rings (SSSR count). The number of anilines is 2. The van der Waals surface area contributed by atoms with Crippen LogP contribution >= 0.6 is 11.3 Å². The van der Waals surface area contributed by atoms with Crippen molar-refractivity contribution in [1.29, 1.82) is 0 Å². The van der Waals surface area contributed by atoms with E-state index >= 15 is 0 Å². The number of hydrogen-bond donors (Lipinski definition) is 2. The SMILES string of the molecule is C[C@@H]1CN(c2ccc(NC(=O)N[C@@H](C)c3nccs3)cc2)CCO1. The van der Waals surface area contributed by atoms with E-state index in [4.69, 9.17) is 4.74 Å². The molecule has 2 N–H and O–H groups in total. The van der Waals surface area contributed by atoms with Gasteiger partial charge in [0.05, 0.1) is 18.8 Å². The number of benzene rings is 1. The number of amides is 2. The van der Waals surface area contributed by atoms with E-state index < -0.39 is 0 Å². The number of rotatable bonds is 4. The predicted molar refractivity (Wildman–Crippen MR) is 96.8 cm³/mol. The highest BCUT2D eigenvalue weighted by Crippen LogP contribution is 2.21. The second-order valence-electron chi connectivity index (χ2n) is 5.86. The summed E-state index contributed by atoms with van der Waals surface area (Å²) in [5, 5.41) is 8.53. The Hall–Kier alpha value is -2.12. The molecule has 0 bridgehead atoms. The number of aromatic nitrogens is 1. The van der Waals surface area contributed by atoms with E-state index in [1.165, 1.54) is 11.3 Å². The second kappa shape index (κ2) is 7.63. The monoisotopic (exact) mass is 346 g/mol. The molecule has 2 aromatic rings. The highest BCUT2D eigenvalue weighted by Gasteiger charge is 2.17. The molecule has 1 aliphatic rings. The van der Waals surface area contributed by atoms with E-state index in [2.05, 4.69) is 27.4 Å². The minimum atomic E-state index is -0.231. The molecule has 1 aromatic heterocycles. The number of nitrogens with one attached hydrogen (secondary N) is 2. The standard InChI is InChI=1S/C17H22N4O2S/c1-12-11-21(8-9-23-12)15-5-3-14(4-6-15)20-17(22)19-13(2)16-18-7-10-24-16/h3-7,10,12-13H,8-9,11H2,1-2H3,(H2,19,20,22)/t12-,13+/m1/s1. The Bertz CT molecular complexity index is 660. The molecule has 0 spiro atoms. The summed E-state index contributed by atoms with van der Waals surface area (Å²) in [5.41, 5.74) is 1.91. The number of ether oxygens (including phenoxy) is 1. The maximum absolute atomic E-state index is 12.1. The van der Waals surface area contributed by atoms with Crippen LogP contribution in [-0.2, 0) is 4.74 Å². The lowest BCUT2D eigenvalue weighted by molar-refractivity contribution is 0.0532. The number of carbonyl (C=O) groups is 1. The Morgan fingerprint density at radius 1 is 1.42 bits per heavy atom. The number of urea groups is 1. The molecule has 1 aliphatic heterocycles. The first-order valence-electron chi connectivity index (χ1n) is 8.05. The minimum Gasteiger partial charge on any atom is -0.375 e. The van der Waals surface area contributed by atoms with Crippen LogP contribution in [0.15, 0.2) is 35.8 Å². The van der Waals surface area contributed by atoms with Crippen LogP contribution in [0.3, 0.4) is 0 Å². The highest BCUT2D eigenvalue weighted by molar-refractivity contribution is 7.09. The molecule has 2 heterocycles. The van der Waals surface area contributed by atoms with Crippen molar-refractivity contribution in [2.75, 3.05) is 29.9 Å². The van der Waals surface area contributed by atoms with Crippen molar-refractivity contribution in [3.05, 3.63) is 40.8 Å². The molecule has 6 nitrogen and oxygen atoms in total. The number of morpholine rings is 1. The maximum atomic E-state index is 12.1. The Kier molecular flexibility index (Phi) is 5.32. The van der Waals surface area contributed by atoms with Gasteiger partial charge in [-0.05, 0) is 38.1 Å². The van der Waals surface area contributed by atoms with Crippen molar-refractivity contribution >= 4 is 28.7 Å². The van der Waals surface area contributed by atoms with Crippen molar-refractivity contribution < 1.29 is 9.53 Å². The lowest BCUT2D eigenvalue weighted by Gasteiger charge is -2.33. The first-order chi connectivity index (χ1) is 11.6. The Morgan fingerprint density at radius 2 is 2.21 bits per heavy atom. The second-order valence-corrected chi connectivity index (χ2v) is 6.79. The summed E-state index contributed by atoms with van der Waals surface area (Å²) in [5.74, 6) is 0. The average Bonchev–Trinajstić information content (AvgIpc) is 3.10. The summed E-state index contributed by atoms with van der Waals surface area (Å²) < 4.78 is 5.56. The summed E-state index contributed by atoms with van der Waals surface area (Å²) in [6.07, 6.45) is 1.98. The van der Waals surface area contributed by atoms with Gasteiger partial charge in [-0.3, -0.25) is 0 Å². The summed E-state index contributed by atoms with van der Waals surface area (Å²) in [6, 6.07) is 7.55. The smallest absolute Gasteiger partial charge is 0.319 e. The number of hydrogen-bond acceptors (Lipinski definition) is 5. The van der Waals surface area contributed by atoms with Gasteiger partial charge in [-0.25, -0.2) is 9.78 Å². The molecule has 2 amide bonds. The summed E-state index contributed by atoms with van der Waals surface area (Å²) in [7, 11) is 0. The summed E-state index contributed by atoms with van der Waals surface area (Å²) in [4.78, 5) is 18.6. The lowest BCUT2D eigenvalue weighted by Crippen LogP contribution is -2.41. The van der Waals surface area contributed by atoms with Crippen molar-refractivity contribution in [3.63, 3.8) is 0 Å². The third-order valence-corrected chi connectivity index (χ3v) is 4.86. The van der Waals surface area contributed by atoms with E-state index in [0.29, 0.717) is 0 Å². The minimum absolute atomic E-state index is 0.112. The molecule has 1 fully saturated rings. The van der Waals surface area contributed by atoms with Gasteiger partial charge in [0.15, 0.2) is 0 Å². The molecule has 128 valence electrons. The third kappa shape index (κ3) is 4.24. The van der Waals surface area contributed by atoms with Gasteiger partial charge in [0.2, 0.25) is 0 Å². The first-order valence-corrected chi connectivity index (χ1v) is 8.93. The molecular weight excluding hydrogens is 324 g/mol. The Morgan fingerprint density at radius 3 is 2.88 bits per heavy atom. The fourth-order valence-corrected chi connectivity index (χ4v) is 3.33. The predicted octanol–water partition coefficient (Wildman–Crippen LogP) is 3.25. The number of carbonyl (C=O) groups excluding carboxylic acids is 1. The lowest BCUT2D eigenvalue weighted by atomic mass is 10.2. The summed E-state index contributed by atoms with van der Waals surface area (Å²) >= 11 is 1.53. The van der Waals surface area contributed by atoms with Crippen molar-refractivity contribution in [1.82, 2.24) is 10.3 Å². The molecule has 1 aromatic carbocycles. The molecule has 24 heavy (non-hydrogen) atoms. The van der Waals surface area contributed by atoms with Gasteiger partial charge in [-0.15, -0.1) is 11.3 Å². The first kappa shape index (κ1) is 16.7. The largest absolute Gasteiger partial charge is 0.375 e. The molecular formula is C17H22N4O2S. The van der Waals surface area contributed by atoms with Crippen molar-refractivity contribution in [3.8, 4) is 0 Å². The zero-order valence-electron chi connectivity index (χ0n) is 13.9. The number of nitrogens with zero attached hydrogens (tertiary/aromatic N) is 2. The molecule has 1 saturated heterocycles. The third-order valence-electron chi connectivity index (χ3n) is 3.90. The molecule has 2 atom stereocenters. The van der Waals surface area contributed by atoms with E-state index in [9.17, 15) is 4.79 Å². The maximum Gasteiger partial charge on any atom is 0.319 e. The van der Waals surface area contributed by atoms with Crippen LogP contribution in [0.4, 0.5) is 16.2 Å². The van der Waals surface area contributed by atoms with Crippen LogP contribution in [-0.4, -0.2) is 36.8 Å². The van der Waals surface area contributed by atoms with Crippen molar-refractivity contribution in [2.24, 2.45) is 0 Å². The zero-order valence-corrected chi connectivity index (χ0v) is 14.7. The van der Waals surface area contributed by atoms with Crippen LogP contribution < -0.4 is 15.5 Å². The molecule has 0 unspecified atom stereocenters.